The molecule has 96 valence electrons. The molecule has 2 amide bonds. The maximum atomic E-state index is 11.7. The second kappa shape index (κ2) is 5.09. The third kappa shape index (κ3) is 2.62. The van der Waals surface area contributed by atoms with E-state index in [1.807, 2.05) is 6.92 Å². The Labute approximate surface area is 104 Å². The van der Waals surface area contributed by atoms with E-state index in [1.54, 1.807) is 17.2 Å². The predicted octanol–water partition coefficient (Wildman–Crippen LogP) is -0.704. The first kappa shape index (κ1) is 12.4. The maximum absolute atomic E-state index is 11.7. The minimum absolute atomic E-state index is 0.188. The average molecular weight is 249 g/mol. The van der Waals surface area contributed by atoms with Crippen LogP contribution in [-0.4, -0.2) is 39.3 Å². The van der Waals surface area contributed by atoms with Gasteiger partial charge >= 0.3 is 0 Å². The van der Waals surface area contributed by atoms with Crippen LogP contribution in [0.25, 0.3) is 0 Å². The number of carbonyl (C=O) groups excluding carboxylic acids is 2. The summed E-state index contributed by atoms with van der Waals surface area (Å²) in [5.41, 5.74) is 6.20. The van der Waals surface area contributed by atoms with Gasteiger partial charge in [-0.1, -0.05) is 6.92 Å². The van der Waals surface area contributed by atoms with Crippen LogP contribution in [0.4, 0.5) is 5.95 Å². The molecule has 18 heavy (non-hydrogen) atoms. The van der Waals surface area contributed by atoms with Crippen LogP contribution in [0.15, 0.2) is 12.3 Å². The SMILES string of the molecule is CCC1C(=O)NC(=O)CN1Cc1ccnc(N)n1. The van der Waals surface area contributed by atoms with Gasteiger partial charge in [0.05, 0.1) is 18.3 Å². The van der Waals surface area contributed by atoms with Crippen molar-refractivity contribution < 1.29 is 9.59 Å². The van der Waals surface area contributed by atoms with Crippen LogP contribution in [0.1, 0.15) is 19.0 Å². The van der Waals surface area contributed by atoms with Crippen LogP contribution in [-0.2, 0) is 16.1 Å². The molecular formula is C11H15N5O2. The highest BCUT2D eigenvalue weighted by atomic mass is 16.2. The number of imide groups is 1. The van der Waals surface area contributed by atoms with Crippen molar-refractivity contribution in [1.82, 2.24) is 20.2 Å². The number of nitrogens with two attached hydrogens (primary N) is 1. The Kier molecular flexibility index (Phi) is 3.52. The van der Waals surface area contributed by atoms with Crippen molar-refractivity contribution in [3.8, 4) is 0 Å². The standard InChI is InChI=1S/C11H15N5O2/c1-2-8-10(18)15-9(17)6-16(8)5-7-3-4-13-11(12)14-7/h3-4,8H,2,5-6H2,1H3,(H2,12,13,14)(H,15,17,18). The van der Waals surface area contributed by atoms with E-state index in [-0.39, 0.29) is 30.3 Å². The molecule has 0 bridgehead atoms. The Morgan fingerprint density at radius 1 is 1.56 bits per heavy atom. The van der Waals surface area contributed by atoms with E-state index in [0.29, 0.717) is 18.7 Å². The van der Waals surface area contributed by atoms with Gasteiger partial charge in [-0.15, -0.1) is 0 Å². The summed E-state index contributed by atoms with van der Waals surface area (Å²) >= 11 is 0. The first-order valence-electron chi connectivity index (χ1n) is 5.75. The van der Waals surface area contributed by atoms with Gasteiger partial charge < -0.3 is 5.73 Å². The maximum Gasteiger partial charge on any atom is 0.243 e. The van der Waals surface area contributed by atoms with Gasteiger partial charge in [-0.25, -0.2) is 9.97 Å². The molecule has 0 aliphatic carbocycles. The number of carbonyl (C=O) groups is 2. The second-order valence-electron chi connectivity index (χ2n) is 4.15. The van der Waals surface area contributed by atoms with E-state index < -0.39 is 0 Å². The van der Waals surface area contributed by atoms with Crippen LogP contribution in [0.3, 0.4) is 0 Å². The molecule has 1 saturated heterocycles. The fraction of sp³-hybridized carbons (Fsp3) is 0.455. The summed E-state index contributed by atoms with van der Waals surface area (Å²) in [6.07, 6.45) is 2.20. The van der Waals surface area contributed by atoms with E-state index in [1.165, 1.54) is 0 Å². The molecule has 0 spiro atoms. The van der Waals surface area contributed by atoms with Crippen LogP contribution in [0.2, 0.25) is 0 Å². The fourth-order valence-corrected chi connectivity index (χ4v) is 2.04. The normalized spacial score (nSPS) is 20.8. The molecule has 1 aromatic heterocycles. The molecule has 1 fully saturated rings. The molecule has 1 aromatic rings. The van der Waals surface area contributed by atoms with Gasteiger partial charge in [0.25, 0.3) is 0 Å². The molecule has 1 unspecified atom stereocenters. The van der Waals surface area contributed by atoms with Crippen LogP contribution in [0.5, 0.6) is 0 Å². The van der Waals surface area contributed by atoms with E-state index in [4.69, 9.17) is 5.73 Å². The number of hydrogen-bond donors (Lipinski definition) is 2. The highest BCUT2D eigenvalue weighted by molar-refractivity contribution is 6.01. The second-order valence-corrected chi connectivity index (χ2v) is 4.15. The van der Waals surface area contributed by atoms with E-state index in [0.717, 1.165) is 0 Å². The van der Waals surface area contributed by atoms with Crippen molar-refractivity contribution in [2.24, 2.45) is 0 Å². The number of piperazine rings is 1. The van der Waals surface area contributed by atoms with Gasteiger partial charge in [-0.2, -0.15) is 0 Å². The molecule has 3 N–H and O–H groups in total. The number of aromatic nitrogens is 2. The molecule has 0 saturated carbocycles. The summed E-state index contributed by atoms with van der Waals surface area (Å²) in [5.74, 6) is -0.351. The molecular weight excluding hydrogens is 234 g/mol. The Morgan fingerprint density at radius 2 is 2.33 bits per heavy atom. The van der Waals surface area contributed by atoms with E-state index in [9.17, 15) is 9.59 Å². The Bertz CT molecular complexity index is 476. The van der Waals surface area contributed by atoms with Crippen LogP contribution < -0.4 is 11.1 Å². The fourth-order valence-electron chi connectivity index (χ4n) is 2.04. The van der Waals surface area contributed by atoms with Crippen molar-refractivity contribution in [2.45, 2.75) is 25.9 Å². The van der Waals surface area contributed by atoms with E-state index >= 15 is 0 Å². The molecule has 1 aliphatic heterocycles. The summed E-state index contributed by atoms with van der Waals surface area (Å²) in [5, 5.41) is 2.33. The zero-order valence-electron chi connectivity index (χ0n) is 10.1. The van der Waals surface area contributed by atoms with Gasteiger partial charge in [0.15, 0.2) is 0 Å². The monoisotopic (exact) mass is 249 g/mol. The number of hydrogen-bond acceptors (Lipinski definition) is 6. The third-order valence-electron chi connectivity index (χ3n) is 2.84. The first-order valence-corrected chi connectivity index (χ1v) is 5.75. The summed E-state index contributed by atoms with van der Waals surface area (Å²) in [6, 6.07) is 1.42. The predicted molar refractivity (Wildman–Crippen MR) is 64.1 cm³/mol. The number of nitrogens with one attached hydrogen (secondary N) is 1. The molecule has 0 radical (unpaired) electrons. The number of rotatable bonds is 3. The summed E-state index contributed by atoms with van der Waals surface area (Å²) in [4.78, 5) is 32.7. The molecule has 7 nitrogen and oxygen atoms in total. The summed E-state index contributed by atoms with van der Waals surface area (Å²) in [6.45, 7) is 2.50. The highest BCUT2D eigenvalue weighted by Crippen LogP contribution is 2.12. The zero-order chi connectivity index (χ0) is 13.1. The largest absolute Gasteiger partial charge is 0.368 e. The zero-order valence-corrected chi connectivity index (χ0v) is 10.1. The summed E-state index contributed by atoms with van der Waals surface area (Å²) in [7, 11) is 0. The van der Waals surface area contributed by atoms with Gasteiger partial charge in [0.1, 0.15) is 0 Å². The van der Waals surface area contributed by atoms with Crippen LogP contribution in [0, 0.1) is 0 Å². The lowest BCUT2D eigenvalue weighted by Gasteiger charge is -2.32. The smallest absolute Gasteiger partial charge is 0.243 e. The molecule has 0 aromatic carbocycles. The van der Waals surface area contributed by atoms with Crippen molar-refractivity contribution in [1.29, 1.82) is 0 Å². The summed E-state index contributed by atoms with van der Waals surface area (Å²) < 4.78 is 0. The van der Waals surface area contributed by atoms with Crippen molar-refractivity contribution in [2.75, 3.05) is 12.3 Å². The van der Waals surface area contributed by atoms with Gasteiger partial charge in [0, 0.05) is 12.7 Å². The lowest BCUT2D eigenvalue weighted by Crippen LogP contribution is -2.57. The minimum atomic E-state index is -0.307. The Morgan fingerprint density at radius 3 is 3.00 bits per heavy atom. The number of nitrogens with zero attached hydrogens (tertiary/aromatic N) is 3. The molecule has 2 heterocycles. The van der Waals surface area contributed by atoms with Crippen molar-refractivity contribution in [3.05, 3.63) is 18.0 Å². The number of anilines is 1. The average Bonchev–Trinajstić information content (AvgIpc) is 2.28. The quantitative estimate of drug-likeness (QED) is 0.687. The Balaban J connectivity index is 2.15. The van der Waals surface area contributed by atoms with Crippen LogP contribution >= 0.6 is 0 Å². The van der Waals surface area contributed by atoms with Gasteiger partial charge in [-0.05, 0) is 12.5 Å². The lowest BCUT2D eigenvalue weighted by molar-refractivity contribution is -0.140. The first-order chi connectivity index (χ1) is 8.60. The third-order valence-corrected chi connectivity index (χ3v) is 2.84. The number of nitrogen functional groups attached to an aromatic ring is 1. The molecule has 7 heteroatoms. The highest BCUT2D eigenvalue weighted by Gasteiger charge is 2.32. The number of amides is 2. The van der Waals surface area contributed by atoms with Gasteiger partial charge in [0.2, 0.25) is 17.8 Å². The Hall–Kier alpha value is -2.02. The van der Waals surface area contributed by atoms with Crippen molar-refractivity contribution in [3.63, 3.8) is 0 Å². The lowest BCUT2D eigenvalue weighted by atomic mass is 10.1. The minimum Gasteiger partial charge on any atom is -0.368 e. The van der Waals surface area contributed by atoms with E-state index in [2.05, 4.69) is 15.3 Å². The van der Waals surface area contributed by atoms with Gasteiger partial charge in [-0.3, -0.25) is 19.8 Å². The van der Waals surface area contributed by atoms with Crippen molar-refractivity contribution >= 4 is 17.8 Å². The molecule has 1 aliphatic rings. The molecule has 2 rings (SSSR count). The molecule has 1 atom stereocenters. The topological polar surface area (TPSA) is 101 Å².